The van der Waals surface area contributed by atoms with Gasteiger partial charge in [-0.15, -0.1) is 10.2 Å². The highest BCUT2D eigenvalue weighted by atomic mass is 19.1. The van der Waals surface area contributed by atoms with Gasteiger partial charge in [0, 0.05) is 11.1 Å². The molecule has 2 amide bonds. The van der Waals surface area contributed by atoms with E-state index in [9.17, 15) is 14.0 Å². The maximum Gasteiger partial charge on any atom is 0.324 e. The summed E-state index contributed by atoms with van der Waals surface area (Å²) in [5.41, 5.74) is 1.24. The summed E-state index contributed by atoms with van der Waals surface area (Å²) >= 11 is 0. The van der Waals surface area contributed by atoms with Crippen LogP contribution in [0, 0.1) is 5.82 Å². The molecule has 0 aliphatic carbocycles. The average Bonchev–Trinajstić information content (AvgIpc) is 2.76. The van der Waals surface area contributed by atoms with Crippen molar-refractivity contribution >= 4 is 29.0 Å². The SMILES string of the molecule is C/C(=N\N=C(\C(=O)c1ccccc1)c1ccccc1)NC(=O)Nc1ccccc1F. The zero-order valence-electron chi connectivity index (χ0n) is 16.2. The number of rotatable bonds is 5. The monoisotopic (exact) mass is 402 g/mol. The molecule has 3 aromatic carbocycles. The van der Waals surface area contributed by atoms with E-state index in [-0.39, 0.29) is 23.0 Å². The Morgan fingerprint density at radius 2 is 1.33 bits per heavy atom. The first-order valence-corrected chi connectivity index (χ1v) is 9.14. The molecule has 0 atom stereocenters. The number of urea groups is 1. The van der Waals surface area contributed by atoms with E-state index in [4.69, 9.17) is 0 Å². The second kappa shape index (κ2) is 9.88. The molecular formula is C23H19FN4O2. The van der Waals surface area contributed by atoms with Gasteiger partial charge in [-0.2, -0.15) is 0 Å². The van der Waals surface area contributed by atoms with Crippen LogP contribution < -0.4 is 10.6 Å². The summed E-state index contributed by atoms with van der Waals surface area (Å²) in [6, 6.07) is 22.8. The van der Waals surface area contributed by atoms with Crippen LogP contribution in [0.25, 0.3) is 0 Å². The molecule has 0 unspecified atom stereocenters. The van der Waals surface area contributed by atoms with Crippen LogP contribution in [-0.2, 0) is 0 Å². The minimum Gasteiger partial charge on any atom is -0.305 e. The molecule has 3 aromatic rings. The number of anilines is 1. The van der Waals surface area contributed by atoms with Crippen LogP contribution in [0.5, 0.6) is 0 Å². The van der Waals surface area contributed by atoms with Crippen LogP contribution in [0.3, 0.4) is 0 Å². The molecule has 2 N–H and O–H groups in total. The summed E-state index contributed by atoms with van der Waals surface area (Å²) in [6.45, 7) is 1.51. The number of carbonyl (C=O) groups excluding carboxylic acids is 2. The highest BCUT2D eigenvalue weighted by Gasteiger charge is 2.16. The quantitative estimate of drug-likeness (QED) is 0.282. The van der Waals surface area contributed by atoms with Gasteiger partial charge in [0.1, 0.15) is 17.4 Å². The lowest BCUT2D eigenvalue weighted by Crippen LogP contribution is -2.33. The number of ketones is 1. The van der Waals surface area contributed by atoms with Gasteiger partial charge in [-0.1, -0.05) is 72.8 Å². The zero-order valence-corrected chi connectivity index (χ0v) is 16.2. The Balaban J connectivity index is 1.80. The van der Waals surface area contributed by atoms with Crippen LogP contribution in [0.15, 0.2) is 95.1 Å². The Morgan fingerprint density at radius 3 is 1.97 bits per heavy atom. The maximum atomic E-state index is 13.6. The van der Waals surface area contributed by atoms with E-state index in [2.05, 4.69) is 20.8 Å². The van der Waals surface area contributed by atoms with Gasteiger partial charge >= 0.3 is 6.03 Å². The van der Waals surface area contributed by atoms with Gasteiger partial charge < -0.3 is 5.32 Å². The van der Waals surface area contributed by atoms with Crippen molar-refractivity contribution in [3.05, 3.63) is 102 Å². The van der Waals surface area contributed by atoms with E-state index >= 15 is 0 Å². The third-order valence-electron chi connectivity index (χ3n) is 4.01. The van der Waals surface area contributed by atoms with Gasteiger partial charge in [-0.05, 0) is 19.1 Å². The van der Waals surface area contributed by atoms with E-state index in [1.165, 1.54) is 25.1 Å². The number of nitrogens with one attached hydrogen (secondary N) is 2. The standard InChI is InChI=1S/C23H19FN4O2/c1-16(25-23(30)26-20-15-9-8-14-19(20)24)27-28-21(17-10-4-2-5-11-17)22(29)18-12-6-3-7-13-18/h2-15H,1H3,(H2,25,26,27,30)/b28-21+. The number of carbonyl (C=O) groups is 2. The van der Waals surface area contributed by atoms with Gasteiger partial charge in [-0.25, -0.2) is 9.18 Å². The third kappa shape index (κ3) is 5.45. The highest BCUT2D eigenvalue weighted by Crippen LogP contribution is 2.12. The van der Waals surface area contributed by atoms with E-state index in [1.54, 1.807) is 54.6 Å². The predicted octanol–water partition coefficient (Wildman–Crippen LogP) is 4.65. The molecule has 30 heavy (non-hydrogen) atoms. The van der Waals surface area contributed by atoms with Crippen molar-refractivity contribution in [1.82, 2.24) is 5.32 Å². The second-order valence-electron chi connectivity index (χ2n) is 6.25. The van der Waals surface area contributed by atoms with E-state index in [0.717, 1.165) is 0 Å². The lowest BCUT2D eigenvalue weighted by molar-refractivity contribution is 0.106. The molecule has 0 aliphatic rings. The summed E-state index contributed by atoms with van der Waals surface area (Å²) < 4.78 is 13.6. The van der Waals surface area contributed by atoms with Crippen LogP contribution in [0.2, 0.25) is 0 Å². The Kier molecular flexibility index (Phi) is 6.78. The fourth-order valence-corrected chi connectivity index (χ4v) is 2.59. The highest BCUT2D eigenvalue weighted by molar-refractivity contribution is 6.51. The van der Waals surface area contributed by atoms with Crippen molar-refractivity contribution in [2.45, 2.75) is 6.92 Å². The predicted molar refractivity (Wildman–Crippen MR) is 115 cm³/mol. The van der Waals surface area contributed by atoms with Crippen molar-refractivity contribution in [2.75, 3.05) is 5.32 Å². The fraction of sp³-hybridized carbons (Fsp3) is 0.0435. The van der Waals surface area contributed by atoms with Gasteiger partial charge in [0.25, 0.3) is 0 Å². The number of benzene rings is 3. The van der Waals surface area contributed by atoms with Gasteiger partial charge in [0.15, 0.2) is 0 Å². The Hall–Kier alpha value is -4.13. The number of amidine groups is 1. The number of nitrogens with zero attached hydrogens (tertiary/aromatic N) is 2. The molecular weight excluding hydrogens is 383 g/mol. The lowest BCUT2D eigenvalue weighted by Gasteiger charge is -2.08. The molecule has 0 saturated heterocycles. The number of hydrogen-bond acceptors (Lipinski definition) is 4. The summed E-state index contributed by atoms with van der Waals surface area (Å²) in [5.74, 6) is -0.715. The molecule has 0 fully saturated rings. The van der Waals surface area contributed by atoms with Crippen molar-refractivity contribution in [3.63, 3.8) is 0 Å². The molecule has 0 saturated carbocycles. The molecule has 6 nitrogen and oxygen atoms in total. The zero-order chi connectivity index (χ0) is 21.3. The van der Waals surface area contributed by atoms with Gasteiger partial charge in [-0.3, -0.25) is 10.1 Å². The van der Waals surface area contributed by atoms with Crippen molar-refractivity contribution in [3.8, 4) is 0 Å². The van der Waals surface area contributed by atoms with Crippen LogP contribution in [0.1, 0.15) is 22.8 Å². The maximum absolute atomic E-state index is 13.6. The largest absolute Gasteiger partial charge is 0.324 e. The topological polar surface area (TPSA) is 82.9 Å². The Labute approximate surface area is 173 Å². The molecule has 0 radical (unpaired) electrons. The van der Waals surface area contributed by atoms with Crippen LogP contribution >= 0.6 is 0 Å². The average molecular weight is 402 g/mol. The Bertz CT molecular complexity index is 1100. The molecule has 0 aromatic heterocycles. The third-order valence-corrected chi connectivity index (χ3v) is 4.01. The minimum absolute atomic E-state index is 0.0375. The number of Topliss-reactive ketones (excluding diaryl/α,β-unsaturated/α-hetero) is 1. The molecule has 0 bridgehead atoms. The molecule has 150 valence electrons. The van der Waals surface area contributed by atoms with Gasteiger partial charge in [0.2, 0.25) is 5.78 Å². The molecule has 7 heteroatoms. The summed E-state index contributed by atoms with van der Waals surface area (Å²) in [6.07, 6.45) is 0. The summed E-state index contributed by atoms with van der Waals surface area (Å²) in [5, 5.41) is 12.9. The molecule has 3 rings (SSSR count). The first-order valence-electron chi connectivity index (χ1n) is 9.14. The van der Waals surface area contributed by atoms with Crippen molar-refractivity contribution in [2.24, 2.45) is 10.2 Å². The normalized spacial score (nSPS) is 11.7. The molecule has 0 heterocycles. The van der Waals surface area contributed by atoms with Gasteiger partial charge in [0.05, 0.1) is 5.69 Å². The Morgan fingerprint density at radius 1 is 0.767 bits per heavy atom. The van der Waals surface area contributed by atoms with Crippen molar-refractivity contribution in [1.29, 1.82) is 0 Å². The van der Waals surface area contributed by atoms with Crippen molar-refractivity contribution < 1.29 is 14.0 Å². The minimum atomic E-state index is -0.674. The lowest BCUT2D eigenvalue weighted by atomic mass is 10.0. The van der Waals surface area contributed by atoms with E-state index < -0.39 is 11.8 Å². The first kappa shape index (κ1) is 20.6. The first-order chi connectivity index (χ1) is 14.5. The van der Waals surface area contributed by atoms with Crippen LogP contribution in [-0.4, -0.2) is 23.4 Å². The molecule has 0 aliphatic heterocycles. The number of para-hydroxylation sites is 1. The second-order valence-corrected chi connectivity index (χ2v) is 6.25. The van der Waals surface area contributed by atoms with Crippen LogP contribution in [0.4, 0.5) is 14.9 Å². The molecule has 0 spiro atoms. The number of hydrogen-bond donors (Lipinski definition) is 2. The number of amides is 2. The van der Waals surface area contributed by atoms with E-state index in [0.29, 0.717) is 11.1 Å². The summed E-state index contributed by atoms with van der Waals surface area (Å²) in [7, 11) is 0. The summed E-state index contributed by atoms with van der Waals surface area (Å²) in [4.78, 5) is 25.0. The smallest absolute Gasteiger partial charge is 0.305 e. The fourth-order valence-electron chi connectivity index (χ4n) is 2.59. The van der Waals surface area contributed by atoms with E-state index in [1.807, 2.05) is 12.1 Å². The number of halogens is 1.